The van der Waals surface area contributed by atoms with Crippen molar-refractivity contribution >= 4 is 11.8 Å². The molecule has 6 nitrogen and oxygen atoms in total. The number of nitro groups is 2. The molecule has 0 saturated carbocycles. The Hall–Kier alpha value is -1.70. The Morgan fingerprint density at radius 2 is 1.78 bits per heavy atom. The highest BCUT2D eigenvalue weighted by Gasteiger charge is 2.19. The molecule has 1 aromatic carbocycles. The van der Waals surface area contributed by atoms with E-state index in [4.69, 9.17) is 0 Å². The average Bonchev–Trinajstić information content (AvgIpc) is 2.28. The second kappa shape index (κ2) is 6.90. The van der Waals surface area contributed by atoms with E-state index < -0.39 is 20.9 Å². The van der Waals surface area contributed by atoms with Gasteiger partial charge >= 0.3 is 0 Å². The summed E-state index contributed by atoms with van der Waals surface area (Å²) in [4.78, 5) is 19.8. The molecule has 18 heavy (non-hydrogen) atoms. The molecule has 0 bridgehead atoms. The summed E-state index contributed by atoms with van der Waals surface area (Å²) in [5.41, 5.74) is 0.599. The van der Waals surface area contributed by atoms with Crippen LogP contribution in [0.1, 0.15) is 10.8 Å². The van der Waals surface area contributed by atoms with E-state index in [0.717, 1.165) is 11.8 Å². The molecule has 98 valence electrons. The molecule has 0 aromatic heterocycles. The monoisotopic (exact) mass is 274 g/mol. The van der Waals surface area contributed by atoms with E-state index in [1.807, 2.05) is 0 Å². The molecule has 0 aliphatic rings. The zero-order valence-corrected chi connectivity index (χ0v) is 10.1. The van der Waals surface area contributed by atoms with E-state index in [-0.39, 0.29) is 18.8 Å². The maximum absolute atomic E-state index is 12.7. The zero-order chi connectivity index (χ0) is 13.5. The van der Waals surface area contributed by atoms with Gasteiger partial charge in [-0.05, 0) is 17.7 Å². The van der Waals surface area contributed by atoms with Crippen LogP contribution < -0.4 is 0 Å². The molecule has 0 saturated heterocycles. The number of halogens is 1. The van der Waals surface area contributed by atoms with Crippen molar-refractivity contribution in [2.45, 2.75) is 5.25 Å². The van der Waals surface area contributed by atoms with Crippen molar-refractivity contribution in [1.82, 2.24) is 0 Å². The van der Waals surface area contributed by atoms with Gasteiger partial charge in [0.1, 0.15) is 5.82 Å². The first-order valence-electron chi connectivity index (χ1n) is 5.09. The first kappa shape index (κ1) is 14.4. The lowest BCUT2D eigenvalue weighted by Gasteiger charge is -2.11. The summed E-state index contributed by atoms with van der Waals surface area (Å²) in [5.74, 6) is -0.239. The molecule has 1 rings (SSSR count). The lowest BCUT2D eigenvalue weighted by atomic mass is 10.1. The zero-order valence-electron chi connectivity index (χ0n) is 9.32. The molecule has 0 aliphatic carbocycles. The third kappa shape index (κ3) is 5.09. The van der Waals surface area contributed by atoms with E-state index in [2.05, 4.69) is 0 Å². The van der Waals surface area contributed by atoms with Gasteiger partial charge in [-0.25, -0.2) is 4.39 Å². The van der Waals surface area contributed by atoms with Gasteiger partial charge in [-0.1, -0.05) is 12.1 Å². The summed E-state index contributed by atoms with van der Waals surface area (Å²) in [6.07, 6.45) is 0. The smallest absolute Gasteiger partial charge is 0.219 e. The number of nitrogens with zero attached hydrogens (tertiary/aromatic N) is 2. The number of benzene rings is 1. The van der Waals surface area contributed by atoms with Crippen LogP contribution in [0, 0.1) is 26.0 Å². The second-order valence-electron chi connectivity index (χ2n) is 3.48. The maximum atomic E-state index is 12.7. The summed E-state index contributed by atoms with van der Waals surface area (Å²) in [7, 11) is 0. The number of thioether (sulfide) groups is 1. The van der Waals surface area contributed by atoms with Crippen molar-refractivity contribution in [2.24, 2.45) is 0 Å². The number of hydrogen-bond donors (Lipinski definition) is 0. The standard InChI is InChI=1S/C10H11FN2O4S/c11-9-3-1-8(2-4-9)10(7-13(16)17)18-6-5-12(14)15/h1-4,10H,5-7H2. The first-order valence-corrected chi connectivity index (χ1v) is 6.14. The Morgan fingerprint density at radius 3 is 2.28 bits per heavy atom. The summed E-state index contributed by atoms with van der Waals surface area (Å²) < 4.78 is 12.7. The van der Waals surface area contributed by atoms with Crippen LogP contribution in [0.15, 0.2) is 24.3 Å². The van der Waals surface area contributed by atoms with Gasteiger partial charge in [0, 0.05) is 9.85 Å². The fourth-order valence-electron chi connectivity index (χ4n) is 1.34. The lowest BCUT2D eigenvalue weighted by Crippen LogP contribution is -2.12. The summed E-state index contributed by atoms with van der Waals surface area (Å²) >= 11 is 1.13. The van der Waals surface area contributed by atoms with Gasteiger partial charge in [-0.3, -0.25) is 20.2 Å². The molecule has 0 amide bonds. The maximum Gasteiger partial charge on any atom is 0.219 e. The molecular formula is C10H11FN2O4S. The van der Waals surface area contributed by atoms with Crippen LogP contribution in [-0.2, 0) is 0 Å². The van der Waals surface area contributed by atoms with Crippen molar-refractivity contribution in [3.8, 4) is 0 Å². The molecule has 1 unspecified atom stereocenters. The Bertz CT molecular complexity index is 426. The summed E-state index contributed by atoms with van der Waals surface area (Å²) in [5, 5.41) is 20.2. The Morgan fingerprint density at radius 1 is 1.17 bits per heavy atom. The first-order chi connectivity index (χ1) is 8.49. The third-order valence-electron chi connectivity index (χ3n) is 2.15. The van der Waals surface area contributed by atoms with E-state index in [1.54, 1.807) is 0 Å². The molecule has 8 heteroatoms. The highest BCUT2D eigenvalue weighted by molar-refractivity contribution is 7.99. The van der Waals surface area contributed by atoms with Crippen LogP contribution in [0.2, 0.25) is 0 Å². The van der Waals surface area contributed by atoms with Crippen molar-refractivity contribution in [2.75, 3.05) is 18.8 Å². The van der Waals surface area contributed by atoms with Gasteiger partial charge in [-0.2, -0.15) is 0 Å². The Kier molecular flexibility index (Phi) is 5.50. The van der Waals surface area contributed by atoms with Gasteiger partial charge in [0.15, 0.2) is 0 Å². The molecular weight excluding hydrogens is 263 g/mol. The average molecular weight is 274 g/mol. The number of rotatable bonds is 7. The highest BCUT2D eigenvalue weighted by Crippen LogP contribution is 2.28. The van der Waals surface area contributed by atoms with Gasteiger partial charge in [0.25, 0.3) is 0 Å². The third-order valence-corrected chi connectivity index (χ3v) is 3.39. The normalized spacial score (nSPS) is 12.1. The molecule has 1 atom stereocenters. The topological polar surface area (TPSA) is 86.3 Å². The van der Waals surface area contributed by atoms with Crippen molar-refractivity contribution in [3.63, 3.8) is 0 Å². The summed E-state index contributed by atoms with van der Waals surface area (Å²) in [6, 6.07) is 5.36. The molecule has 0 heterocycles. The Balaban J connectivity index is 2.68. The van der Waals surface area contributed by atoms with Crippen LogP contribution in [-0.4, -0.2) is 28.7 Å². The predicted octanol–water partition coefficient (Wildman–Crippen LogP) is 2.15. The molecule has 0 spiro atoms. The van der Waals surface area contributed by atoms with Crippen LogP contribution in [0.5, 0.6) is 0 Å². The molecule has 0 N–H and O–H groups in total. The van der Waals surface area contributed by atoms with Crippen LogP contribution in [0.3, 0.4) is 0 Å². The highest BCUT2D eigenvalue weighted by atomic mass is 32.2. The predicted molar refractivity (Wildman–Crippen MR) is 65.3 cm³/mol. The van der Waals surface area contributed by atoms with Crippen molar-refractivity contribution < 1.29 is 14.2 Å². The van der Waals surface area contributed by atoms with E-state index in [1.165, 1.54) is 24.3 Å². The van der Waals surface area contributed by atoms with Crippen molar-refractivity contribution in [1.29, 1.82) is 0 Å². The van der Waals surface area contributed by atoms with Crippen LogP contribution in [0.25, 0.3) is 0 Å². The lowest BCUT2D eigenvalue weighted by molar-refractivity contribution is -0.480. The van der Waals surface area contributed by atoms with E-state index in [9.17, 15) is 24.6 Å². The second-order valence-corrected chi connectivity index (χ2v) is 4.79. The fraction of sp³-hybridized carbons (Fsp3) is 0.400. The summed E-state index contributed by atoms with van der Waals surface area (Å²) in [6.45, 7) is -0.589. The van der Waals surface area contributed by atoms with Crippen LogP contribution >= 0.6 is 11.8 Å². The molecule has 0 aliphatic heterocycles. The van der Waals surface area contributed by atoms with Gasteiger partial charge in [0.2, 0.25) is 13.1 Å². The SMILES string of the molecule is O=[N+]([O-])CCSC(C[N+](=O)[O-])c1ccc(F)cc1. The molecule has 0 radical (unpaired) electrons. The number of hydrogen-bond acceptors (Lipinski definition) is 5. The Labute approximate surface area is 106 Å². The molecule has 0 fully saturated rings. The minimum Gasteiger partial charge on any atom is -0.265 e. The van der Waals surface area contributed by atoms with Gasteiger partial charge in [0.05, 0.1) is 11.0 Å². The minimum atomic E-state index is -0.499. The van der Waals surface area contributed by atoms with Crippen LogP contribution in [0.4, 0.5) is 4.39 Å². The molecule has 1 aromatic rings. The van der Waals surface area contributed by atoms with Gasteiger partial charge < -0.3 is 0 Å². The largest absolute Gasteiger partial charge is 0.265 e. The van der Waals surface area contributed by atoms with E-state index >= 15 is 0 Å². The van der Waals surface area contributed by atoms with E-state index in [0.29, 0.717) is 5.56 Å². The van der Waals surface area contributed by atoms with Crippen molar-refractivity contribution in [3.05, 3.63) is 55.9 Å². The van der Waals surface area contributed by atoms with Gasteiger partial charge in [-0.15, -0.1) is 11.8 Å². The quantitative estimate of drug-likeness (QED) is 0.561. The fourth-order valence-corrected chi connectivity index (χ4v) is 2.45. The minimum absolute atomic E-state index is 0.183.